The van der Waals surface area contributed by atoms with Crippen molar-refractivity contribution in [3.8, 4) is 5.75 Å². The number of rotatable bonds is 8. The van der Waals surface area contributed by atoms with E-state index in [0.717, 1.165) is 11.8 Å². The van der Waals surface area contributed by atoms with Crippen LogP contribution in [-0.2, 0) is 12.8 Å². The second-order valence-electron chi connectivity index (χ2n) is 6.24. The van der Waals surface area contributed by atoms with Gasteiger partial charge in [0.2, 0.25) is 0 Å². The number of methoxy groups -OCH3 is 1. The lowest BCUT2D eigenvalue weighted by molar-refractivity contribution is 0.174. The molecule has 0 N–H and O–H groups in total. The Hall–Kier alpha value is -1.02. The molecule has 1 atom stereocenters. The van der Waals surface area contributed by atoms with Crippen LogP contribution < -0.4 is 4.74 Å². The second kappa shape index (κ2) is 8.43. The lowest BCUT2D eigenvalue weighted by atomic mass is 9.86. The Kier molecular flexibility index (Phi) is 6.56. The van der Waals surface area contributed by atoms with Crippen LogP contribution in [-0.4, -0.2) is 31.1 Å². The van der Waals surface area contributed by atoms with Crippen LogP contribution in [0.3, 0.4) is 0 Å². The molecule has 0 spiro atoms. The molecular weight excluding hydrogens is 258 g/mol. The van der Waals surface area contributed by atoms with Gasteiger partial charge in [0, 0.05) is 6.04 Å². The van der Waals surface area contributed by atoms with Crippen LogP contribution in [0.15, 0.2) is 18.2 Å². The molecule has 0 fully saturated rings. The molecule has 0 saturated heterocycles. The van der Waals surface area contributed by atoms with Gasteiger partial charge in [-0.1, -0.05) is 38.8 Å². The van der Waals surface area contributed by atoms with Crippen molar-refractivity contribution in [3.05, 3.63) is 29.3 Å². The van der Waals surface area contributed by atoms with E-state index in [1.807, 2.05) is 0 Å². The first kappa shape index (κ1) is 16.4. The van der Waals surface area contributed by atoms with E-state index in [4.69, 9.17) is 4.74 Å². The molecule has 21 heavy (non-hydrogen) atoms. The van der Waals surface area contributed by atoms with Gasteiger partial charge in [-0.25, -0.2) is 0 Å². The number of ether oxygens (including phenoxy) is 1. The lowest BCUT2D eigenvalue weighted by Gasteiger charge is -2.35. The summed E-state index contributed by atoms with van der Waals surface area (Å²) in [5.74, 6) is 1.08. The van der Waals surface area contributed by atoms with Crippen LogP contribution in [0.2, 0.25) is 0 Å². The number of benzene rings is 1. The monoisotopic (exact) mass is 289 g/mol. The normalized spacial score (nSPS) is 17.8. The van der Waals surface area contributed by atoms with E-state index < -0.39 is 0 Å². The van der Waals surface area contributed by atoms with Crippen LogP contribution >= 0.6 is 0 Å². The van der Waals surface area contributed by atoms with Gasteiger partial charge in [0.15, 0.2) is 0 Å². The summed E-state index contributed by atoms with van der Waals surface area (Å²) in [4.78, 5) is 2.75. The molecule has 0 saturated carbocycles. The van der Waals surface area contributed by atoms with Gasteiger partial charge in [-0.2, -0.15) is 0 Å². The van der Waals surface area contributed by atoms with Gasteiger partial charge in [-0.15, -0.1) is 0 Å². The van der Waals surface area contributed by atoms with Crippen molar-refractivity contribution in [2.75, 3.05) is 20.2 Å². The van der Waals surface area contributed by atoms with E-state index in [1.165, 1.54) is 69.2 Å². The maximum absolute atomic E-state index is 5.52. The minimum atomic E-state index is 0.725. The highest BCUT2D eigenvalue weighted by atomic mass is 16.5. The zero-order chi connectivity index (χ0) is 15.1. The van der Waals surface area contributed by atoms with Crippen molar-refractivity contribution in [1.82, 2.24) is 4.90 Å². The molecule has 2 heteroatoms. The molecule has 0 bridgehead atoms. The largest absolute Gasteiger partial charge is 0.496 e. The van der Waals surface area contributed by atoms with Crippen molar-refractivity contribution in [2.45, 2.75) is 64.8 Å². The Labute approximate surface area is 130 Å². The number of hydrogen-bond acceptors (Lipinski definition) is 2. The standard InChI is InChI=1S/C19H31NO/c1-4-6-13-20(14-7-5-2)17-11-12-18-16(15-17)9-8-10-19(18)21-3/h8-10,17H,4-7,11-15H2,1-3H3. The fraction of sp³-hybridized carbons (Fsp3) is 0.684. The van der Waals surface area contributed by atoms with Crippen molar-refractivity contribution < 1.29 is 4.74 Å². The third-order valence-electron chi connectivity index (χ3n) is 4.75. The van der Waals surface area contributed by atoms with Crippen molar-refractivity contribution in [3.63, 3.8) is 0 Å². The van der Waals surface area contributed by atoms with Gasteiger partial charge >= 0.3 is 0 Å². The zero-order valence-corrected chi connectivity index (χ0v) is 14.0. The summed E-state index contributed by atoms with van der Waals surface area (Å²) in [5.41, 5.74) is 2.95. The predicted molar refractivity (Wildman–Crippen MR) is 90.2 cm³/mol. The Morgan fingerprint density at radius 3 is 2.48 bits per heavy atom. The topological polar surface area (TPSA) is 12.5 Å². The van der Waals surface area contributed by atoms with E-state index in [2.05, 4.69) is 36.9 Å². The van der Waals surface area contributed by atoms with E-state index in [9.17, 15) is 0 Å². The first-order valence-electron chi connectivity index (χ1n) is 8.68. The minimum Gasteiger partial charge on any atom is -0.496 e. The Morgan fingerprint density at radius 2 is 1.86 bits per heavy atom. The number of hydrogen-bond donors (Lipinski definition) is 0. The second-order valence-corrected chi connectivity index (χ2v) is 6.24. The summed E-state index contributed by atoms with van der Waals surface area (Å²) >= 11 is 0. The van der Waals surface area contributed by atoms with Crippen molar-refractivity contribution >= 4 is 0 Å². The summed E-state index contributed by atoms with van der Waals surface area (Å²) in [6, 6.07) is 7.26. The smallest absolute Gasteiger partial charge is 0.122 e. The molecule has 1 aromatic rings. The quantitative estimate of drug-likeness (QED) is 0.701. The molecule has 1 unspecified atom stereocenters. The molecule has 0 amide bonds. The van der Waals surface area contributed by atoms with Crippen LogP contribution in [0.25, 0.3) is 0 Å². The first-order valence-corrected chi connectivity index (χ1v) is 8.68. The summed E-state index contributed by atoms with van der Waals surface area (Å²) < 4.78 is 5.52. The molecule has 1 aromatic carbocycles. The third kappa shape index (κ3) is 4.23. The summed E-state index contributed by atoms with van der Waals surface area (Å²) in [7, 11) is 1.79. The molecule has 0 aromatic heterocycles. The summed E-state index contributed by atoms with van der Waals surface area (Å²) in [5, 5.41) is 0. The fourth-order valence-electron chi connectivity index (χ4n) is 3.46. The van der Waals surface area contributed by atoms with E-state index in [0.29, 0.717) is 0 Å². The highest BCUT2D eigenvalue weighted by Crippen LogP contribution is 2.31. The Bertz CT molecular complexity index is 422. The van der Waals surface area contributed by atoms with Crippen LogP contribution in [0.4, 0.5) is 0 Å². The Morgan fingerprint density at radius 1 is 1.14 bits per heavy atom. The van der Waals surface area contributed by atoms with Gasteiger partial charge in [0.25, 0.3) is 0 Å². The molecule has 2 nitrogen and oxygen atoms in total. The van der Waals surface area contributed by atoms with Gasteiger partial charge in [-0.3, -0.25) is 0 Å². The highest BCUT2D eigenvalue weighted by Gasteiger charge is 2.25. The molecular formula is C19H31NO. The molecule has 1 aliphatic rings. The van der Waals surface area contributed by atoms with Gasteiger partial charge in [0.1, 0.15) is 5.75 Å². The third-order valence-corrected chi connectivity index (χ3v) is 4.75. The van der Waals surface area contributed by atoms with E-state index in [-0.39, 0.29) is 0 Å². The fourth-order valence-corrected chi connectivity index (χ4v) is 3.46. The maximum Gasteiger partial charge on any atom is 0.122 e. The average molecular weight is 289 g/mol. The zero-order valence-electron chi connectivity index (χ0n) is 14.0. The van der Waals surface area contributed by atoms with Gasteiger partial charge in [-0.05, 0) is 62.4 Å². The van der Waals surface area contributed by atoms with E-state index >= 15 is 0 Å². The van der Waals surface area contributed by atoms with Crippen LogP contribution in [0, 0.1) is 0 Å². The number of unbranched alkanes of at least 4 members (excludes halogenated alkanes) is 2. The summed E-state index contributed by atoms with van der Waals surface area (Å²) in [6.07, 6.45) is 8.87. The van der Waals surface area contributed by atoms with Crippen molar-refractivity contribution in [2.24, 2.45) is 0 Å². The molecule has 0 aliphatic heterocycles. The average Bonchev–Trinajstić information content (AvgIpc) is 2.54. The van der Waals surface area contributed by atoms with Crippen LogP contribution in [0.5, 0.6) is 5.75 Å². The molecule has 0 heterocycles. The lowest BCUT2D eigenvalue weighted by Crippen LogP contribution is -2.40. The van der Waals surface area contributed by atoms with Gasteiger partial charge < -0.3 is 9.64 Å². The number of nitrogens with zero attached hydrogens (tertiary/aromatic N) is 1. The molecule has 2 rings (SSSR count). The van der Waals surface area contributed by atoms with Crippen molar-refractivity contribution in [1.29, 1.82) is 0 Å². The molecule has 118 valence electrons. The molecule has 1 aliphatic carbocycles. The SMILES string of the molecule is CCCCN(CCCC)C1CCc2c(cccc2OC)C1. The molecule has 0 radical (unpaired) electrons. The predicted octanol–water partition coefficient (Wildman–Crippen LogP) is 4.45. The number of fused-ring (bicyclic) bond motifs is 1. The first-order chi connectivity index (χ1) is 10.3. The Balaban J connectivity index is 2.06. The minimum absolute atomic E-state index is 0.725. The van der Waals surface area contributed by atoms with Crippen LogP contribution in [0.1, 0.15) is 57.1 Å². The van der Waals surface area contributed by atoms with E-state index in [1.54, 1.807) is 7.11 Å². The highest BCUT2D eigenvalue weighted by molar-refractivity contribution is 5.42. The summed E-state index contributed by atoms with van der Waals surface area (Å²) in [6.45, 7) is 7.11. The van der Waals surface area contributed by atoms with Gasteiger partial charge in [0.05, 0.1) is 7.11 Å². The maximum atomic E-state index is 5.52.